The van der Waals surface area contributed by atoms with Crippen molar-refractivity contribution in [2.24, 2.45) is 0 Å². The number of thiazole rings is 1. The number of rotatable bonds is 4. The molecule has 28 heavy (non-hydrogen) atoms. The highest BCUT2D eigenvalue weighted by Gasteiger charge is 2.14. The molecule has 138 valence electrons. The van der Waals surface area contributed by atoms with Gasteiger partial charge < -0.3 is 0 Å². The monoisotopic (exact) mass is 425 g/mol. The van der Waals surface area contributed by atoms with Crippen molar-refractivity contribution in [3.05, 3.63) is 77.3 Å². The molecule has 0 aliphatic heterocycles. The summed E-state index contributed by atoms with van der Waals surface area (Å²) in [6.07, 6.45) is 0. The molecule has 0 saturated heterocycles. The molecule has 0 atom stereocenters. The summed E-state index contributed by atoms with van der Waals surface area (Å²) in [5.74, 6) is 0. The fourth-order valence-electron chi connectivity index (χ4n) is 2.63. The van der Waals surface area contributed by atoms with E-state index in [9.17, 15) is 8.42 Å². The SMILES string of the molecule is N#Cc1ccc(S(=O)(=O)Nc2ccc(-c3nc4ccc(Cl)cc4s3)cc2)cc1. The normalized spacial score (nSPS) is 11.3. The standard InChI is InChI=1S/C20H12ClN3O2S2/c21-15-5-10-18-19(11-15)27-20(23-18)14-3-6-16(7-4-14)24-28(25,26)17-8-1-13(12-22)2-9-17/h1-11,24H. The fraction of sp³-hybridized carbons (Fsp3) is 0. The first-order valence-electron chi connectivity index (χ1n) is 8.14. The number of anilines is 1. The molecule has 0 unspecified atom stereocenters. The molecule has 5 nitrogen and oxygen atoms in total. The van der Waals surface area contributed by atoms with Gasteiger partial charge in [0.15, 0.2) is 0 Å². The second-order valence-corrected chi connectivity index (χ2v) is 9.10. The molecule has 0 fully saturated rings. The van der Waals surface area contributed by atoms with Crippen molar-refractivity contribution < 1.29 is 8.42 Å². The summed E-state index contributed by atoms with van der Waals surface area (Å²) in [4.78, 5) is 4.68. The number of hydrogen-bond acceptors (Lipinski definition) is 5. The van der Waals surface area contributed by atoms with Crippen LogP contribution >= 0.6 is 22.9 Å². The Hall–Kier alpha value is -2.92. The van der Waals surface area contributed by atoms with Crippen LogP contribution in [0, 0.1) is 11.3 Å². The minimum Gasteiger partial charge on any atom is -0.280 e. The Kier molecular flexibility index (Phi) is 4.77. The lowest BCUT2D eigenvalue weighted by atomic mass is 10.2. The highest BCUT2D eigenvalue weighted by molar-refractivity contribution is 7.92. The van der Waals surface area contributed by atoms with E-state index in [0.717, 1.165) is 20.8 Å². The van der Waals surface area contributed by atoms with Crippen LogP contribution < -0.4 is 4.72 Å². The lowest BCUT2D eigenvalue weighted by Crippen LogP contribution is -2.12. The molecule has 1 N–H and O–H groups in total. The molecule has 8 heteroatoms. The van der Waals surface area contributed by atoms with Crippen LogP contribution in [0.25, 0.3) is 20.8 Å². The van der Waals surface area contributed by atoms with Gasteiger partial charge in [0, 0.05) is 16.3 Å². The third kappa shape index (κ3) is 3.71. The summed E-state index contributed by atoms with van der Waals surface area (Å²) in [5.41, 5.74) is 2.60. The number of aromatic nitrogens is 1. The zero-order chi connectivity index (χ0) is 19.7. The van der Waals surface area contributed by atoms with Gasteiger partial charge in [0.1, 0.15) is 5.01 Å². The zero-order valence-electron chi connectivity index (χ0n) is 14.3. The van der Waals surface area contributed by atoms with E-state index in [1.54, 1.807) is 18.2 Å². The molecule has 3 aromatic carbocycles. The quantitative estimate of drug-likeness (QED) is 0.481. The maximum absolute atomic E-state index is 12.5. The van der Waals surface area contributed by atoms with Gasteiger partial charge in [-0.15, -0.1) is 11.3 Å². The number of sulfonamides is 1. The number of halogens is 1. The summed E-state index contributed by atoms with van der Waals surface area (Å²) >= 11 is 7.54. The van der Waals surface area contributed by atoms with Gasteiger partial charge in [0.05, 0.1) is 26.7 Å². The van der Waals surface area contributed by atoms with Crippen LogP contribution in [0.15, 0.2) is 71.6 Å². The van der Waals surface area contributed by atoms with Crippen molar-refractivity contribution >= 4 is 48.9 Å². The van der Waals surface area contributed by atoms with Crippen molar-refractivity contribution in [2.45, 2.75) is 4.90 Å². The summed E-state index contributed by atoms with van der Waals surface area (Å²) < 4.78 is 28.5. The first-order valence-corrected chi connectivity index (χ1v) is 10.8. The highest BCUT2D eigenvalue weighted by atomic mass is 35.5. The van der Waals surface area contributed by atoms with Crippen molar-refractivity contribution in [3.63, 3.8) is 0 Å². The van der Waals surface area contributed by atoms with E-state index in [0.29, 0.717) is 16.3 Å². The largest absolute Gasteiger partial charge is 0.280 e. The predicted octanol–water partition coefficient (Wildman–Crippen LogP) is 5.29. The number of nitrogens with one attached hydrogen (secondary N) is 1. The van der Waals surface area contributed by atoms with Gasteiger partial charge in [-0.1, -0.05) is 11.6 Å². The Labute approximate surface area is 170 Å². The summed E-state index contributed by atoms with van der Waals surface area (Å²) in [7, 11) is -3.73. The maximum atomic E-state index is 12.5. The Morgan fingerprint density at radius 1 is 1.00 bits per heavy atom. The van der Waals surface area contributed by atoms with E-state index >= 15 is 0 Å². The summed E-state index contributed by atoms with van der Waals surface area (Å²) in [6.45, 7) is 0. The number of fused-ring (bicyclic) bond motifs is 1. The van der Waals surface area contributed by atoms with Gasteiger partial charge in [0.2, 0.25) is 0 Å². The third-order valence-electron chi connectivity index (χ3n) is 4.03. The fourth-order valence-corrected chi connectivity index (χ4v) is 4.93. The van der Waals surface area contributed by atoms with Crippen LogP contribution in [0.1, 0.15) is 5.56 Å². The van der Waals surface area contributed by atoms with Gasteiger partial charge in [-0.25, -0.2) is 13.4 Å². The third-order valence-corrected chi connectivity index (χ3v) is 6.73. The molecular weight excluding hydrogens is 414 g/mol. The van der Waals surface area contributed by atoms with Crippen LogP contribution in [0.2, 0.25) is 5.02 Å². The summed E-state index contributed by atoms with van der Waals surface area (Å²) in [5, 5.41) is 10.3. The molecule has 0 saturated carbocycles. The Balaban J connectivity index is 1.57. The lowest BCUT2D eigenvalue weighted by molar-refractivity contribution is 0.601. The van der Waals surface area contributed by atoms with E-state index < -0.39 is 10.0 Å². The van der Waals surface area contributed by atoms with Crippen LogP contribution in [0.3, 0.4) is 0 Å². The topological polar surface area (TPSA) is 82.8 Å². The van der Waals surface area contributed by atoms with Crippen molar-refractivity contribution in [2.75, 3.05) is 4.72 Å². The number of benzene rings is 3. The Morgan fingerprint density at radius 3 is 2.39 bits per heavy atom. The van der Waals surface area contributed by atoms with Gasteiger partial charge in [-0.05, 0) is 66.7 Å². The predicted molar refractivity (Wildman–Crippen MR) is 112 cm³/mol. The van der Waals surface area contributed by atoms with Crippen LogP contribution in [0.4, 0.5) is 5.69 Å². The molecule has 0 spiro atoms. The molecule has 4 rings (SSSR count). The number of hydrogen-bond donors (Lipinski definition) is 1. The van der Waals surface area contributed by atoms with Crippen molar-refractivity contribution in [3.8, 4) is 16.6 Å². The van der Waals surface area contributed by atoms with Crippen LogP contribution in [-0.2, 0) is 10.0 Å². The van der Waals surface area contributed by atoms with E-state index in [-0.39, 0.29) is 4.90 Å². The first-order chi connectivity index (χ1) is 13.4. The van der Waals surface area contributed by atoms with Gasteiger partial charge in [0.25, 0.3) is 10.0 Å². The average Bonchev–Trinajstić information content (AvgIpc) is 3.11. The molecule has 0 aliphatic rings. The second kappa shape index (κ2) is 7.24. The first kappa shape index (κ1) is 18.4. The average molecular weight is 426 g/mol. The van der Waals surface area contributed by atoms with Gasteiger partial charge >= 0.3 is 0 Å². The maximum Gasteiger partial charge on any atom is 0.261 e. The second-order valence-electron chi connectivity index (χ2n) is 5.95. The molecule has 0 radical (unpaired) electrons. The smallest absolute Gasteiger partial charge is 0.261 e. The number of nitriles is 1. The van der Waals surface area contributed by atoms with Crippen LogP contribution in [-0.4, -0.2) is 13.4 Å². The highest BCUT2D eigenvalue weighted by Crippen LogP contribution is 2.32. The van der Waals surface area contributed by atoms with Gasteiger partial charge in [-0.2, -0.15) is 5.26 Å². The van der Waals surface area contributed by atoms with Gasteiger partial charge in [-0.3, -0.25) is 4.72 Å². The molecule has 1 aromatic heterocycles. The van der Waals surface area contributed by atoms with E-state index in [1.165, 1.54) is 35.6 Å². The molecule has 0 amide bonds. The minimum absolute atomic E-state index is 0.0960. The van der Waals surface area contributed by atoms with E-state index in [1.807, 2.05) is 30.3 Å². The van der Waals surface area contributed by atoms with Crippen molar-refractivity contribution in [1.82, 2.24) is 4.98 Å². The lowest BCUT2D eigenvalue weighted by Gasteiger charge is -2.08. The molecular formula is C20H12ClN3O2S2. The van der Waals surface area contributed by atoms with E-state index in [2.05, 4.69) is 9.71 Å². The van der Waals surface area contributed by atoms with E-state index in [4.69, 9.17) is 16.9 Å². The van der Waals surface area contributed by atoms with Crippen molar-refractivity contribution in [1.29, 1.82) is 5.26 Å². The minimum atomic E-state index is -3.73. The van der Waals surface area contributed by atoms with Crippen LogP contribution in [0.5, 0.6) is 0 Å². The zero-order valence-corrected chi connectivity index (χ0v) is 16.6. The Bertz CT molecular complexity index is 1310. The molecule has 1 heterocycles. The number of nitrogens with zero attached hydrogens (tertiary/aromatic N) is 2. The molecule has 0 bridgehead atoms. The summed E-state index contributed by atoms with van der Waals surface area (Å²) in [6, 6.07) is 20.3. The molecule has 4 aromatic rings. The Morgan fingerprint density at radius 2 is 1.71 bits per heavy atom. The molecule has 0 aliphatic carbocycles.